The summed E-state index contributed by atoms with van der Waals surface area (Å²) in [5.41, 5.74) is 0.966. The quantitative estimate of drug-likeness (QED) is 0.847. The minimum atomic E-state index is -0.927. The van der Waals surface area contributed by atoms with Gasteiger partial charge in [0.25, 0.3) is 5.91 Å². The first kappa shape index (κ1) is 14.1. The van der Waals surface area contributed by atoms with Crippen molar-refractivity contribution >= 4 is 11.9 Å². The Bertz CT molecular complexity index is 429. The van der Waals surface area contributed by atoms with Crippen molar-refractivity contribution in [1.82, 2.24) is 14.9 Å². The molecule has 0 unspecified atom stereocenters. The van der Waals surface area contributed by atoms with Gasteiger partial charge in [-0.25, -0.2) is 4.98 Å². The minimum Gasteiger partial charge on any atom is -0.481 e. The van der Waals surface area contributed by atoms with Crippen LogP contribution in [-0.2, 0) is 4.79 Å². The first-order valence-electron chi connectivity index (χ1n) is 5.73. The third-order valence-corrected chi connectivity index (χ3v) is 2.45. The number of aryl methyl sites for hydroxylation is 1. The van der Waals surface area contributed by atoms with E-state index >= 15 is 0 Å². The van der Waals surface area contributed by atoms with E-state index in [0.29, 0.717) is 0 Å². The summed E-state index contributed by atoms with van der Waals surface area (Å²) in [6.45, 7) is 5.62. The largest absolute Gasteiger partial charge is 0.481 e. The Morgan fingerprint density at radius 1 is 1.33 bits per heavy atom. The van der Waals surface area contributed by atoms with E-state index in [0.717, 1.165) is 5.69 Å². The smallest absolute Gasteiger partial charge is 0.305 e. The maximum absolute atomic E-state index is 12.1. The molecule has 98 valence electrons. The lowest BCUT2D eigenvalue weighted by molar-refractivity contribution is -0.137. The van der Waals surface area contributed by atoms with Gasteiger partial charge in [-0.3, -0.25) is 14.6 Å². The Balaban J connectivity index is 2.82. The van der Waals surface area contributed by atoms with Crippen molar-refractivity contribution in [3.8, 4) is 0 Å². The Morgan fingerprint density at radius 2 is 2.00 bits per heavy atom. The molecule has 1 rings (SSSR count). The predicted octanol–water partition coefficient (Wildman–Crippen LogP) is 1.11. The normalized spacial score (nSPS) is 10.4. The summed E-state index contributed by atoms with van der Waals surface area (Å²) in [4.78, 5) is 32.2. The van der Waals surface area contributed by atoms with Crippen LogP contribution in [-0.4, -0.2) is 44.4 Å². The fourth-order valence-electron chi connectivity index (χ4n) is 1.46. The van der Waals surface area contributed by atoms with E-state index in [1.54, 1.807) is 6.92 Å². The van der Waals surface area contributed by atoms with Crippen molar-refractivity contribution in [1.29, 1.82) is 0 Å². The molecule has 6 heteroatoms. The molecule has 6 nitrogen and oxygen atoms in total. The Hall–Kier alpha value is -1.98. The van der Waals surface area contributed by atoms with E-state index in [-0.39, 0.29) is 30.6 Å². The number of amides is 1. The number of hydrogen-bond acceptors (Lipinski definition) is 4. The second kappa shape index (κ2) is 6.09. The zero-order valence-corrected chi connectivity index (χ0v) is 10.8. The van der Waals surface area contributed by atoms with Crippen LogP contribution in [0.25, 0.3) is 0 Å². The van der Waals surface area contributed by atoms with E-state index < -0.39 is 5.97 Å². The van der Waals surface area contributed by atoms with Gasteiger partial charge in [-0.1, -0.05) is 0 Å². The van der Waals surface area contributed by atoms with Crippen molar-refractivity contribution in [2.24, 2.45) is 0 Å². The highest BCUT2D eigenvalue weighted by Crippen LogP contribution is 2.07. The number of rotatable bonds is 5. The molecule has 0 aromatic carbocycles. The van der Waals surface area contributed by atoms with Crippen molar-refractivity contribution < 1.29 is 14.7 Å². The van der Waals surface area contributed by atoms with Crippen molar-refractivity contribution in [3.63, 3.8) is 0 Å². The number of carboxylic acids is 1. The number of hydrogen-bond donors (Lipinski definition) is 1. The fraction of sp³-hybridized carbons (Fsp3) is 0.500. The fourth-order valence-corrected chi connectivity index (χ4v) is 1.46. The number of aromatic nitrogens is 2. The SMILES string of the molecule is Cc1cnc(C(=O)N(CCC(=O)O)C(C)C)cn1. The van der Waals surface area contributed by atoms with E-state index in [2.05, 4.69) is 9.97 Å². The molecule has 1 amide bonds. The molecule has 0 spiro atoms. The zero-order valence-electron chi connectivity index (χ0n) is 10.8. The lowest BCUT2D eigenvalue weighted by Gasteiger charge is -2.25. The van der Waals surface area contributed by atoms with Gasteiger partial charge in [0.05, 0.1) is 18.3 Å². The molecule has 0 saturated heterocycles. The standard InChI is InChI=1S/C12H17N3O3/c1-8(2)15(5-4-11(16)17)12(18)10-7-13-9(3)6-14-10/h6-8H,4-5H2,1-3H3,(H,16,17). The molecule has 0 aliphatic rings. The summed E-state index contributed by atoms with van der Waals surface area (Å²) >= 11 is 0. The summed E-state index contributed by atoms with van der Waals surface area (Å²) in [5, 5.41) is 8.67. The molecule has 1 heterocycles. The van der Waals surface area contributed by atoms with E-state index in [4.69, 9.17) is 5.11 Å². The van der Waals surface area contributed by atoms with Crippen LogP contribution in [0.1, 0.15) is 36.5 Å². The molecule has 1 aromatic rings. The molecular formula is C12H17N3O3. The second-order valence-corrected chi connectivity index (χ2v) is 4.28. The summed E-state index contributed by atoms with van der Waals surface area (Å²) in [6.07, 6.45) is 2.85. The lowest BCUT2D eigenvalue weighted by Crippen LogP contribution is -2.39. The van der Waals surface area contributed by atoms with Crippen LogP contribution in [0.15, 0.2) is 12.4 Å². The average molecular weight is 251 g/mol. The van der Waals surface area contributed by atoms with Gasteiger partial charge in [0.2, 0.25) is 0 Å². The van der Waals surface area contributed by atoms with Crippen LogP contribution >= 0.6 is 0 Å². The number of nitrogens with zero attached hydrogens (tertiary/aromatic N) is 3. The number of carboxylic acid groups (broad SMARTS) is 1. The topological polar surface area (TPSA) is 83.4 Å². The molecule has 0 aliphatic heterocycles. The highest BCUT2D eigenvalue weighted by Gasteiger charge is 2.20. The summed E-state index contributed by atoms with van der Waals surface area (Å²) in [7, 11) is 0. The molecular weight excluding hydrogens is 234 g/mol. The molecule has 0 atom stereocenters. The number of carbonyl (C=O) groups excluding carboxylic acids is 1. The van der Waals surface area contributed by atoms with Crippen molar-refractivity contribution in [2.75, 3.05) is 6.54 Å². The Labute approximate surface area is 106 Å². The Kier molecular flexibility index (Phi) is 4.76. The first-order chi connectivity index (χ1) is 8.41. The van der Waals surface area contributed by atoms with Crippen molar-refractivity contribution in [3.05, 3.63) is 23.8 Å². The molecule has 0 bridgehead atoms. The molecule has 18 heavy (non-hydrogen) atoms. The van der Waals surface area contributed by atoms with E-state index in [1.165, 1.54) is 17.3 Å². The molecule has 0 fully saturated rings. The summed E-state index contributed by atoms with van der Waals surface area (Å²) in [6, 6.07) is -0.0834. The summed E-state index contributed by atoms with van der Waals surface area (Å²) < 4.78 is 0. The maximum Gasteiger partial charge on any atom is 0.305 e. The van der Waals surface area contributed by atoms with Crippen LogP contribution in [0.4, 0.5) is 0 Å². The molecule has 1 aromatic heterocycles. The minimum absolute atomic E-state index is 0.0801. The van der Waals surface area contributed by atoms with Gasteiger partial charge in [-0.2, -0.15) is 0 Å². The lowest BCUT2D eigenvalue weighted by atomic mass is 10.2. The van der Waals surface area contributed by atoms with Gasteiger partial charge in [0, 0.05) is 18.8 Å². The van der Waals surface area contributed by atoms with E-state index in [9.17, 15) is 9.59 Å². The van der Waals surface area contributed by atoms with Crippen LogP contribution in [0.2, 0.25) is 0 Å². The second-order valence-electron chi connectivity index (χ2n) is 4.28. The Morgan fingerprint density at radius 3 is 2.44 bits per heavy atom. The van der Waals surface area contributed by atoms with Gasteiger partial charge < -0.3 is 10.0 Å². The highest BCUT2D eigenvalue weighted by molar-refractivity contribution is 5.92. The van der Waals surface area contributed by atoms with E-state index in [1.807, 2.05) is 13.8 Å². The maximum atomic E-state index is 12.1. The number of carbonyl (C=O) groups is 2. The summed E-state index contributed by atoms with van der Waals surface area (Å²) in [5.74, 6) is -1.22. The van der Waals surface area contributed by atoms with Crippen LogP contribution in [0.5, 0.6) is 0 Å². The van der Waals surface area contributed by atoms with Gasteiger partial charge in [0.15, 0.2) is 0 Å². The molecule has 1 N–H and O–H groups in total. The van der Waals surface area contributed by atoms with Gasteiger partial charge in [-0.05, 0) is 20.8 Å². The highest BCUT2D eigenvalue weighted by atomic mass is 16.4. The average Bonchev–Trinajstić information content (AvgIpc) is 2.29. The molecule has 0 aliphatic carbocycles. The third-order valence-electron chi connectivity index (χ3n) is 2.45. The van der Waals surface area contributed by atoms with Gasteiger partial charge in [0.1, 0.15) is 5.69 Å². The third kappa shape index (κ3) is 3.80. The van der Waals surface area contributed by atoms with Crippen molar-refractivity contribution in [2.45, 2.75) is 33.2 Å². The van der Waals surface area contributed by atoms with Gasteiger partial charge in [-0.15, -0.1) is 0 Å². The van der Waals surface area contributed by atoms with Crippen LogP contribution in [0.3, 0.4) is 0 Å². The molecule has 0 saturated carbocycles. The number of aliphatic carboxylic acids is 1. The van der Waals surface area contributed by atoms with Crippen LogP contribution < -0.4 is 0 Å². The molecule has 0 radical (unpaired) electrons. The zero-order chi connectivity index (χ0) is 13.7. The monoisotopic (exact) mass is 251 g/mol. The first-order valence-corrected chi connectivity index (χ1v) is 5.73. The predicted molar refractivity (Wildman–Crippen MR) is 65.2 cm³/mol. The van der Waals surface area contributed by atoms with Crippen LogP contribution in [0, 0.1) is 6.92 Å². The van der Waals surface area contributed by atoms with Gasteiger partial charge >= 0.3 is 5.97 Å².